The first kappa shape index (κ1) is 15.8. The third-order valence-corrected chi connectivity index (χ3v) is 4.48. The first-order chi connectivity index (χ1) is 11.3. The number of H-pyrrole nitrogens is 1. The summed E-state index contributed by atoms with van der Waals surface area (Å²) in [6, 6.07) is 12.0. The number of carbonyl (C=O) groups excluding carboxylic acids is 1. The van der Waals surface area contributed by atoms with Crippen LogP contribution < -0.4 is 5.32 Å². The van der Waals surface area contributed by atoms with Crippen LogP contribution in [0.4, 0.5) is 0 Å². The number of nitrogens with zero attached hydrogens (tertiary/aromatic N) is 1. The first-order valence-electron chi connectivity index (χ1n) is 8.11. The fraction of sp³-hybridized carbons (Fsp3) is 0.389. The van der Waals surface area contributed by atoms with E-state index in [1.807, 2.05) is 24.3 Å². The van der Waals surface area contributed by atoms with Crippen LogP contribution in [0.25, 0.3) is 0 Å². The molecule has 5 nitrogen and oxygen atoms in total. The largest absolute Gasteiger partial charge is 0.395 e. The van der Waals surface area contributed by atoms with Crippen molar-refractivity contribution in [2.45, 2.75) is 32.0 Å². The van der Waals surface area contributed by atoms with Crippen molar-refractivity contribution in [2.75, 3.05) is 13.2 Å². The van der Waals surface area contributed by atoms with Crippen molar-refractivity contribution in [2.24, 2.45) is 0 Å². The van der Waals surface area contributed by atoms with Crippen LogP contribution >= 0.6 is 0 Å². The van der Waals surface area contributed by atoms with E-state index in [4.69, 9.17) is 0 Å². The Hall–Kier alpha value is -2.11. The summed E-state index contributed by atoms with van der Waals surface area (Å²) in [5.74, 6) is -0.0980. The molecule has 1 aliphatic rings. The molecule has 122 valence electrons. The Bertz CT molecular complexity index is 639. The van der Waals surface area contributed by atoms with Crippen molar-refractivity contribution < 1.29 is 9.90 Å². The quantitative estimate of drug-likeness (QED) is 0.763. The number of aromatic amines is 1. The van der Waals surface area contributed by atoms with E-state index in [0.29, 0.717) is 12.2 Å². The van der Waals surface area contributed by atoms with Crippen LogP contribution in [0.5, 0.6) is 0 Å². The standard InChI is InChI=1S/C18H23N3O2/c22-13-16-7-4-10-21(16)12-15-6-2-1-5-14(15)11-20-18(23)17-8-3-9-19-17/h1-3,5-6,8-9,16,19,22H,4,7,10-13H2,(H,20,23)/t16-/m1/s1. The van der Waals surface area contributed by atoms with Crippen LogP contribution in [0.1, 0.15) is 34.5 Å². The monoisotopic (exact) mass is 313 g/mol. The average molecular weight is 313 g/mol. The Kier molecular flexibility index (Phi) is 5.10. The molecule has 5 heteroatoms. The molecule has 0 saturated carbocycles. The molecule has 23 heavy (non-hydrogen) atoms. The van der Waals surface area contributed by atoms with Crippen LogP contribution in [0.2, 0.25) is 0 Å². The Balaban J connectivity index is 1.65. The summed E-state index contributed by atoms with van der Waals surface area (Å²) >= 11 is 0. The topological polar surface area (TPSA) is 68.4 Å². The molecule has 0 unspecified atom stereocenters. The van der Waals surface area contributed by atoms with Crippen molar-refractivity contribution in [1.82, 2.24) is 15.2 Å². The maximum atomic E-state index is 12.0. The van der Waals surface area contributed by atoms with Gasteiger partial charge in [-0.25, -0.2) is 0 Å². The number of aliphatic hydroxyl groups excluding tert-OH is 1. The van der Waals surface area contributed by atoms with E-state index in [1.165, 1.54) is 5.56 Å². The molecule has 0 aliphatic carbocycles. The Labute approximate surface area is 136 Å². The van der Waals surface area contributed by atoms with Crippen molar-refractivity contribution >= 4 is 5.91 Å². The predicted molar refractivity (Wildman–Crippen MR) is 88.9 cm³/mol. The van der Waals surface area contributed by atoms with Gasteiger partial charge in [-0.2, -0.15) is 0 Å². The number of benzene rings is 1. The van der Waals surface area contributed by atoms with Gasteiger partial charge in [0.1, 0.15) is 5.69 Å². The number of rotatable bonds is 6. The van der Waals surface area contributed by atoms with E-state index in [1.54, 1.807) is 12.3 Å². The van der Waals surface area contributed by atoms with E-state index in [2.05, 4.69) is 21.3 Å². The van der Waals surface area contributed by atoms with Gasteiger partial charge in [-0.05, 0) is 42.6 Å². The minimum atomic E-state index is -0.0980. The summed E-state index contributed by atoms with van der Waals surface area (Å²) in [4.78, 5) is 17.3. The molecule has 3 rings (SSSR count). The minimum Gasteiger partial charge on any atom is -0.395 e. The van der Waals surface area contributed by atoms with Gasteiger partial charge in [0.15, 0.2) is 0 Å². The third kappa shape index (κ3) is 3.81. The summed E-state index contributed by atoms with van der Waals surface area (Å²) in [7, 11) is 0. The van der Waals surface area contributed by atoms with Crippen LogP contribution in [-0.2, 0) is 13.1 Å². The second-order valence-corrected chi connectivity index (χ2v) is 5.98. The lowest BCUT2D eigenvalue weighted by atomic mass is 10.1. The molecule has 1 aromatic heterocycles. The molecular formula is C18H23N3O2. The number of hydrogen-bond acceptors (Lipinski definition) is 3. The summed E-state index contributed by atoms with van der Waals surface area (Å²) in [6.07, 6.45) is 3.93. The van der Waals surface area contributed by atoms with E-state index < -0.39 is 0 Å². The highest BCUT2D eigenvalue weighted by atomic mass is 16.3. The van der Waals surface area contributed by atoms with E-state index >= 15 is 0 Å². The Morgan fingerprint density at radius 2 is 2.09 bits per heavy atom. The van der Waals surface area contributed by atoms with Crippen LogP contribution in [0.15, 0.2) is 42.6 Å². The Morgan fingerprint density at radius 1 is 1.26 bits per heavy atom. The number of aromatic nitrogens is 1. The van der Waals surface area contributed by atoms with Gasteiger partial charge in [0.25, 0.3) is 5.91 Å². The summed E-state index contributed by atoms with van der Waals surface area (Å²) < 4.78 is 0. The minimum absolute atomic E-state index is 0.0980. The summed E-state index contributed by atoms with van der Waals surface area (Å²) in [5, 5.41) is 12.4. The summed E-state index contributed by atoms with van der Waals surface area (Å²) in [5.41, 5.74) is 2.90. The number of nitrogens with one attached hydrogen (secondary N) is 2. The molecule has 1 fully saturated rings. The van der Waals surface area contributed by atoms with Gasteiger partial charge >= 0.3 is 0 Å². The highest BCUT2D eigenvalue weighted by Crippen LogP contribution is 2.21. The zero-order chi connectivity index (χ0) is 16.1. The summed E-state index contributed by atoms with van der Waals surface area (Å²) in [6.45, 7) is 2.56. The van der Waals surface area contributed by atoms with Crippen LogP contribution in [-0.4, -0.2) is 40.1 Å². The fourth-order valence-electron chi connectivity index (χ4n) is 3.16. The van der Waals surface area contributed by atoms with Crippen LogP contribution in [0, 0.1) is 0 Å². The van der Waals surface area contributed by atoms with Gasteiger partial charge in [0.05, 0.1) is 6.61 Å². The zero-order valence-corrected chi connectivity index (χ0v) is 13.2. The number of hydrogen-bond donors (Lipinski definition) is 3. The lowest BCUT2D eigenvalue weighted by Gasteiger charge is -2.24. The van der Waals surface area contributed by atoms with Gasteiger partial charge in [-0.1, -0.05) is 24.3 Å². The second kappa shape index (κ2) is 7.44. The molecule has 2 aromatic rings. The fourth-order valence-corrected chi connectivity index (χ4v) is 3.16. The number of amides is 1. The highest BCUT2D eigenvalue weighted by Gasteiger charge is 2.24. The van der Waals surface area contributed by atoms with Crippen molar-refractivity contribution in [3.63, 3.8) is 0 Å². The van der Waals surface area contributed by atoms with Gasteiger partial charge < -0.3 is 15.4 Å². The SMILES string of the molecule is O=C(NCc1ccccc1CN1CCC[C@@H]1CO)c1ccc[nH]1. The number of aliphatic hydroxyl groups is 1. The van der Waals surface area contributed by atoms with Crippen molar-refractivity contribution in [3.8, 4) is 0 Å². The predicted octanol–water partition coefficient (Wildman–Crippen LogP) is 1.90. The van der Waals surface area contributed by atoms with Gasteiger partial charge in [-0.15, -0.1) is 0 Å². The molecule has 1 amide bonds. The van der Waals surface area contributed by atoms with E-state index in [9.17, 15) is 9.90 Å². The molecule has 2 heterocycles. The van der Waals surface area contributed by atoms with Gasteiger partial charge in [0.2, 0.25) is 0 Å². The van der Waals surface area contributed by atoms with E-state index in [-0.39, 0.29) is 18.6 Å². The number of likely N-dealkylation sites (tertiary alicyclic amines) is 1. The molecule has 0 spiro atoms. The average Bonchev–Trinajstić information content (AvgIpc) is 3.25. The molecule has 1 aromatic carbocycles. The van der Waals surface area contributed by atoms with Gasteiger partial charge in [-0.3, -0.25) is 9.69 Å². The molecule has 3 N–H and O–H groups in total. The van der Waals surface area contributed by atoms with E-state index in [0.717, 1.165) is 31.5 Å². The number of carbonyl (C=O) groups is 1. The third-order valence-electron chi connectivity index (χ3n) is 4.48. The van der Waals surface area contributed by atoms with Gasteiger partial charge in [0, 0.05) is 25.3 Å². The lowest BCUT2D eigenvalue weighted by molar-refractivity contribution is 0.0946. The molecule has 1 aliphatic heterocycles. The molecular weight excluding hydrogens is 290 g/mol. The molecule has 0 radical (unpaired) electrons. The second-order valence-electron chi connectivity index (χ2n) is 5.98. The van der Waals surface area contributed by atoms with Crippen molar-refractivity contribution in [1.29, 1.82) is 0 Å². The van der Waals surface area contributed by atoms with Crippen LogP contribution in [0.3, 0.4) is 0 Å². The molecule has 1 atom stereocenters. The van der Waals surface area contributed by atoms with Crippen molar-refractivity contribution in [3.05, 3.63) is 59.4 Å². The molecule has 1 saturated heterocycles. The molecule has 0 bridgehead atoms. The smallest absolute Gasteiger partial charge is 0.267 e. The maximum Gasteiger partial charge on any atom is 0.267 e. The Morgan fingerprint density at radius 3 is 2.83 bits per heavy atom. The normalized spacial score (nSPS) is 18.2. The first-order valence-corrected chi connectivity index (χ1v) is 8.11. The lowest BCUT2D eigenvalue weighted by Crippen LogP contribution is -2.32. The maximum absolute atomic E-state index is 12.0. The highest BCUT2D eigenvalue weighted by molar-refractivity contribution is 5.92. The zero-order valence-electron chi connectivity index (χ0n) is 13.2.